The predicted octanol–water partition coefficient (Wildman–Crippen LogP) is 5.74. The first-order chi connectivity index (χ1) is 19.0. The average Bonchev–Trinajstić information content (AvgIpc) is 3.25. The smallest absolute Gasteiger partial charge is 0.210 e. The van der Waals surface area contributed by atoms with Crippen LogP contribution in [0.15, 0.2) is 121 Å². The molecule has 0 amide bonds. The third kappa shape index (κ3) is 3.44. The molecule has 1 saturated carbocycles. The molecule has 2 N–H and O–H groups in total. The zero-order chi connectivity index (χ0) is 26.6. The van der Waals surface area contributed by atoms with E-state index in [1.54, 1.807) is 0 Å². The van der Waals surface area contributed by atoms with E-state index in [9.17, 15) is 10.2 Å². The fraction of sp³-hybridized carbons (Fsp3) is 0.273. The second kappa shape index (κ2) is 8.83. The van der Waals surface area contributed by atoms with Crippen molar-refractivity contribution in [2.75, 3.05) is 0 Å². The lowest BCUT2D eigenvalue weighted by Crippen LogP contribution is -2.69. The highest BCUT2D eigenvalue weighted by atomic mass is 17.3. The van der Waals surface area contributed by atoms with Crippen LogP contribution in [0.3, 0.4) is 0 Å². The van der Waals surface area contributed by atoms with E-state index < -0.39 is 28.2 Å². The molecular formula is C33H30O6. The summed E-state index contributed by atoms with van der Waals surface area (Å²) in [6, 6.07) is 39.2. The summed E-state index contributed by atoms with van der Waals surface area (Å²) < 4.78 is 0. The lowest BCUT2D eigenvalue weighted by atomic mass is 9.59. The van der Waals surface area contributed by atoms with Crippen molar-refractivity contribution in [1.82, 2.24) is 0 Å². The molecule has 7 rings (SSSR count). The summed E-state index contributed by atoms with van der Waals surface area (Å²) >= 11 is 0. The van der Waals surface area contributed by atoms with Gasteiger partial charge in [-0.3, -0.25) is 0 Å². The third-order valence-corrected chi connectivity index (χ3v) is 9.00. The second-order valence-electron chi connectivity index (χ2n) is 11.0. The van der Waals surface area contributed by atoms with Crippen LogP contribution in [0.25, 0.3) is 0 Å². The van der Waals surface area contributed by atoms with Crippen LogP contribution in [-0.2, 0) is 30.8 Å². The van der Waals surface area contributed by atoms with E-state index in [1.165, 1.54) is 0 Å². The van der Waals surface area contributed by atoms with Gasteiger partial charge in [0.1, 0.15) is 0 Å². The van der Waals surface area contributed by atoms with Gasteiger partial charge in [-0.05, 0) is 22.3 Å². The van der Waals surface area contributed by atoms with E-state index in [1.807, 2.05) is 121 Å². The minimum absolute atomic E-state index is 0.117. The lowest BCUT2D eigenvalue weighted by Gasteiger charge is -2.60. The number of hydrogen-bond acceptors (Lipinski definition) is 6. The van der Waals surface area contributed by atoms with Gasteiger partial charge in [0.2, 0.25) is 11.6 Å². The molecule has 198 valence electrons. The number of rotatable bonds is 4. The molecule has 6 nitrogen and oxygen atoms in total. The van der Waals surface area contributed by atoms with Crippen molar-refractivity contribution in [3.05, 3.63) is 144 Å². The molecule has 4 aromatic rings. The monoisotopic (exact) mass is 522 g/mol. The molecule has 2 aliphatic heterocycles. The van der Waals surface area contributed by atoms with Gasteiger partial charge in [-0.15, -0.1) is 0 Å². The van der Waals surface area contributed by atoms with Crippen LogP contribution in [0.2, 0.25) is 0 Å². The lowest BCUT2D eigenvalue weighted by molar-refractivity contribution is -0.576. The van der Waals surface area contributed by atoms with Gasteiger partial charge < -0.3 is 10.2 Å². The fourth-order valence-electron chi connectivity index (χ4n) is 6.93. The zero-order valence-electron chi connectivity index (χ0n) is 21.4. The van der Waals surface area contributed by atoms with Crippen LogP contribution >= 0.6 is 0 Å². The van der Waals surface area contributed by atoms with Gasteiger partial charge >= 0.3 is 0 Å². The molecule has 2 heterocycles. The van der Waals surface area contributed by atoms with Crippen molar-refractivity contribution >= 4 is 0 Å². The van der Waals surface area contributed by atoms with E-state index in [-0.39, 0.29) is 25.7 Å². The standard InChI is InChI=1S/C33H30O6/c34-32-21-22-33(35)29(32,23-30(36-38-32,25-13-5-1-6-14-25)26-15-7-2-8-16-26)24-31(37-39-33,27-17-9-3-10-18-27)28-19-11-4-12-20-28/h1-20,34-35H,21-24H2. The molecule has 2 saturated heterocycles. The summed E-state index contributed by atoms with van der Waals surface area (Å²) in [5, 5.41) is 24.3. The molecule has 2 atom stereocenters. The summed E-state index contributed by atoms with van der Waals surface area (Å²) in [4.78, 5) is 24.7. The van der Waals surface area contributed by atoms with E-state index in [0.29, 0.717) is 0 Å². The Balaban J connectivity index is 1.47. The van der Waals surface area contributed by atoms with Crippen molar-refractivity contribution < 1.29 is 29.8 Å². The Morgan fingerprint density at radius 2 is 0.692 bits per heavy atom. The highest BCUT2D eigenvalue weighted by Crippen LogP contribution is 2.70. The first-order valence-electron chi connectivity index (χ1n) is 13.4. The van der Waals surface area contributed by atoms with Gasteiger partial charge in [0.05, 0.1) is 5.41 Å². The molecule has 0 radical (unpaired) electrons. The van der Waals surface area contributed by atoms with Crippen LogP contribution in [0.5, 0.6) is 0 Å². The quantitative estimate of drug-likeness (QED) is 0.333. The fourth-order valence-corrected chi connectivity index (χ4v) is 6.93. The van der Waals surface area contributed by atoms with Crippen LogP contribution < -0.4 is 0 Å². The molecule has 4 aromatic carbocycles. The molecule has 2 unspecified atom stereocenters. The highest BCUT2D eigenvalue weighted by molar-refractivity contribution is 5.42. The number of hydrogen-bond donors (Lipinski definition) is 2. The number of benzene rings is 4. The molecule has 0 aromatic heterocycles. The van der Waals surface area contributed by atoms with Gasteiger partial charge in [0.25, 0.3) is 0 Å². The van der Waals surface area contributed by atoms with Crippen molar-refractivity contribution in [2.24, 2.45) is 5.41 Å². The maximum atomic E-state index is 12.2. The molecule has 1 aliphatic carbocycles. The van der Waals surface area contributed by atoms with Crippen molar-refractivity contribution in [3.8, 4) is 0 Å². The minimum atomic E-state index is -1.83. The molecule has 39 heavy (non-hydrogen) atoms. The normalized spacial score (nSPS) is 30.7. The Labute approximate surface area is 227 Å². The van der Waals surface area contributed by atoms with Crippen molar-refractivity contribution in [1.29, 1.82) is 0 Å². The van der Waals surface area contributed by atoms with Crippen LogP contribution in [0, 0.1) is 5.41 Å². The SMILES string of the molecule is OC12CCC3(O)OOC(c4ccccc4)(c4ccccc4)CC13CC(c1ccccc1)(c1ccccc1)OO2. The summed E-state index contributed by atoms with van der Waals surface area (Å²) in [7, 11) is 0. The van der Waals surface area contributed by atoms with Gasteiger partial charge in [-0.25, -0.2) is 9.78 Å². The van der Waals surface area contributed by atoms with Crippen molar-refractivity contribution in [3.63, 3.8) is 0 Å². The summed E-state index contributed by atoms with van der Waals surface area (Å²) in [5.74, 6) is -3.65. The maximum Gasteiger partial charge on any atom is 0.210 e. The molecule has 0 bridgehead atoms. The van der Waals surface area contributed by atoms with E-state index in [0.717, 1.165) is 22.3 Å². The third-order valence-electron chi connectivity index (χ3n) is 9.00. The van der Waals surface area contributed by atoms with Crippen LogP contribution in [0.1, 0.15) is 47.9 Å². The first-order valence-corrected chi connectivity index (χ1v) is 13.4. The van der Waals surface area contributed by atoms with Gasteiger partial charge in [-0.2, -0.15) is 9.78 Å². The Kier molecular flexibility index (Phi) is 5.58. The first kappa shape index (κ1) is 24.7. The molecular weight excluding hydrogens is 492 g/mol. The maximum absolute atomic E-state index is 12.2. The Bertz CT molecular complexity index is 1250. The topological polar surface area (TPSA) is 77.4 Å². The van der Waals surface area contributed by atoms with Gasteiger partial charge in [-0.1, -0.05) is 121 Å². The minimum Gasteiger partial charge on any atom is -0.363 e. The Hall–Kier alpha value is -3.36. The Morgan fingerprint density at radius 1 is 0.410 bits per heavy atom. The van der Waals surface area contributed by atoms with Crippen molar-refractivity contribution in [2.45, 2.75) is 48.5 Å². The molecule has 3 aliphatic rings. The van der Waals surface area contributed by atoms with Crippen LogP contribution in [-0.4, -0.2) is 21.8 Å². The van der Waals surface area contributed by atoms with E-state index >= 15 is 0 Å². The molecule has 1 spiro atoms. The summed E-state index contributed by atoms with van der Waals surface area (Å²) in [5.41, 5.74) is -0.221. The zero-order valence-corrected chi connectivity index (χ0v) is 21.4. The van der Waals surface area contributed by atoms with E-state index in [4.69, 9.17) is 19.6 Å². The highest BCUT2D eigenvalue weighted by Gasteiger charge is 2.79. The molecule has 3 fully saturated rings. The second-order valence-corrected chi connectivity index (χ2v) is 11.0. The van der Waals surface area contributed by atoms with Gasteiger partial charge in [0.15, 0.2) is 11.2 Å². The van der Waals surface area contributed by atoms with Gasteiger partial charge in [0, 0.05) is 25.7 Å². The largest absolute Gasteiger partial charge is 0.363 e. The Morgan fingerprint density at radius 3 is 0.974 bits per heavy atom. The van der Waals surface area contributed by atoms with Crippen LogP contribution in [0.4, 0.5) is 0 Å². The van der Waals surface area contributed by atoms with E-state index in [2.05, 4.69) is 0 Å². The summed E-state index contributed by atoms with van der Waals surface area (Å²) in [6.45, 7) is 0. The number of aliphatic hydroxyl groups is 2. The average molecular weight is 523 g/mol. The predicted molar refractivity (Wildman–Crippen MR) is 142 cm³/mol. The molecule has 6 heteroatoms. The summed E-state index contributed by atoms with van der Waals surface area (Å²) in [6.07, 6.45) is 0.607.